The van der Waals surface area contributed by atoms with Crippen LogP contribution in [0.5, 0.6) is 5.75 Å². The highest BCUT2D eigenvalue weighted by molar-refractivity contribution is 7.13. The number of nitrogens with one attached hydrogen (secondary N) is 2. The van der Waals surface area contributed by atoms with Gasteiger partial charge in [0.15, 0.2) is 17.4 Å². The van der Waals surface area contributed by atoms with Crippen LogP contribution in [0.25, 0.3) is 21.9 Å². The van der Waals surface area contributed by atoms with Crippen molar-refractivity contribution < 1.29 is 18.7 Å². The fourth-order valence-corrected chi connectivity index (χ4v) is 3.81. The van der Waals surface area contributed by atoms with Gasteiger partial charge in [0.1, 0.15) is 11.5 Å². The van der Waals surface area contributed by atoms with Crippen LogP contribution < -0.4 is 15.6 Å². The molecule has 2 heterocycles. The largest absolute Gasteiger partial charge is 0.483 e. The highest BCUT2D eigenvalue weighted by Gasteiger charge is 2.13. The van der Waals surface area contributed by atoms with Crippen LogP contribution in [0.15, 0.2) is 76.5 Å². The van der Waals surface area contributed by atoms with E-state index in [1.807, 2.05) is 67.6 Å². The highest BCUT2D eigenvalue weighted by Crippen LogP contribution is 2.29. The Morgan fingerprint density at radius 2 is 1.72 bits per heavy atom. The van der Waals surface area contributed by atoms with Gasteiger partial charge >= 0.3 is 0 Å². The molecule has 0 unspecified atom stereocenters. The molecule has 4 rings (SSSR count). The summed E-state index contributed by atoms with van der Waals surface area (Å²) in [6, 6.07) is 20.9. The maximum atomic E-state index is 12.2. The van der Waals surface area contributed by atoms with Crippen molar-refractivity contribution in [2.45, 2.75) is 13.3 Å². The Morgan fingerprint density at radius 1 is 0.969 bits per heavy atom. The number of para-hydroxylation sites is 1. The summed E-state index contributed by atoms with van der Waals surface area (Å²) in [5.74, 6) is 1.20. The number of thiazole rings is 1. The molecule has 0 aliphatic rings. The summed E-state index contributed by atoms with van der Waals surface area (Å²) in [7, 11) is 0. The lowest BCUT2D eigenvalue weighted by Crippen LogP contribution is -2.44. The van der Waals surface area contributed by atoms with Crippen LogP contribution in [-0.2, 0) is 16.0 Å². The van der Waals surface area contributed by atoms with Crippen LogP contribution in [0, 0.1) is 6.92 Å². The van der Waals surface area contributed by atoms with Gasteiger partial charge in [-0.1, -0.05) is 48.5 Å². The third-order valence-electron chi connectivity index (χ3n) is 4.52. The molecule has 0 aliphatic heterocycles. The Bertz CT molecular complexity index is 1220. The van der Waals surface area contributed by atoms with Crippen molar-refractivity contribution in [2.75, 3.05) is 6.61 Å². The SMILES string of the molecule is Cc1ccc(-c2nc(CC(=O)NNC(=O)COc3ccccc3-c3ccccc3)cs2)o1. The molecule has 0 saturated carbocycles. The zero-order valence-corrected chi connectivity index (χ0v) is 18.1. The van der Waals surface area contributed by atoms with Gasteiger partial charge < -0.3 is 9.15 Å². The van der Waals surface area contributed by atoms with Gasteiger partial charge in [-0.2, -0.15) is 0 Å². The van der Waals surface area contributed by atoms with E-state index in [1.54, 1.807) is 11.4 Å². The molecule has 2 aromatic heterocycles. The molecule has 0 saturated heterocycles. The van der Waals surface area contributed by atoms with Crippen molar-refractivity contribution in [1.82, 2.24) is 15.8 Å². The summed E-state index contributed by atoms with van der Waals surface area (Å²) < 4.78 is 11.2. The number of aryl methyl sites for hydroxylation is 1. The summed E-state index contributed by atoms with van der Waals surface area (Å²) in [5.41, 5.74) is 7.23. The normalized spacial score (nSPS) is 10.5. The molecule has 0 bridgehead atoms. The average molecular weight is 448 g/mol. The Hall–Kier alpha value is -3.91. The topological polar surface area (TPSA) is 93.5 Å². The summed E-state index contributed by atoms with van der Waals surface area (Å²) >= 11 is 1.40. The van der Waals surface area contributed by atoms with Crippen molar-refractivity contribution in [3.8, 4) is 27.6 Å². The van der Waals surface area contributed by atoms with Crippen LogP contribution in [0.1, 0.15) is 11.5 Å². The standard InChI is InChI=1S/C24H21N3O4S/c1-16-11-12-21(31-16)24-25-18(15-32-24)13-22(28)26-27-23(29)14-30-20-10-6-5-9-19(20)17-7-3-2-4-8-17/h2-12,15H,13-14H2,1H3,(H,26,28)(H,27,29). The number of amides is 2. The second-order valence-electron chi connectivity index (χ2n) is 6.98. The first-order valence-electron chi connectivity index (χ1n) is 9.94. The second-order valence-corrected chi connectivity index (χ2v) is 7.84. The maximum absolute atomic E-state index is 12.2. The number of benzene rings is 2. The Labute approximate surface area is 189 Å². The number of furan rings is 1. The second kappa shape index (κ2) is 9.93. The minimum Gasteiger partial charge on any atom is -0.483 e. The Balaban J connectivity index is 1.26. The Morgan fingerprint density at radius 3 is 2.50 bits per heavy atom. The quantitative estimate of drug-likeness (QED) is 0.415. The molecule has 4 aromatic rings. The van der Waals surface area contributed by atoms with Gasteiger partial charge in [-0.15, -0.1) is 11.3 Å². The van der Waals surface area contributed by atoms with Crippen LogP contribution >= 0.6 is 11.3 Å². The van der Waals surface area contributed by atoms with Crippen molar-refractivity contribution >= 4 is 23.2 Å². The van der Waals surface area contributed by atoms with Crippen molar-refractivity contribution in [3.63, 3.8) is 0 Å². The van der Waals surface area contributed by atoms with Gasteiger partial charge in [0.25, 0.3) is 5.91 Å². The van der Waals surface area contributed by atoms with Gasteiger partial charge in [0.2, 0.25) is 5.91 Å². The zero-order valence-electron chi connectivity index (χ0n) is 17.3. The first-order valence-corrected chi connectivity index (χ1v) is 10.8. The number of hydrogen-bond acceptors (Lipinski definition) is 6. The number of hydrazine groups is 1. The molecule has 162 valence electrons. The van der Waals surface area contributed by atoms with Gasteiger partial charge in [0.05, 0.1) is 12.1 Å². The number of carbonyl (C=O) groups is 2. The molecule has 0 aliphatic carbocycles. The summed E-state index contributed by atoms with van der Waals surface area (Å²) in [6.07, 6.45) is 0.0359. The van der Waals surface area contributed by atoms with Gasteiger partial charge in [-0.25, -0.2) is 4.98 Å². The number of rotatable bonds is 7. The van der Waals surface area contributed by atoms with E-state index in [-0.39, 0.29) is 18.9 Å². The van der Waals surface area contributed by atoms with E-state index in [0.29, 0.717) is 22.2 Å². The lowest BCUT2D eigenvalue weighted by molar-refractivity contribution is -0.129. The molecule has 32 heavy (non-hydrogen) atoms. The van der Waals surface area contributed by atoms with E-state index in [0.717, 1.165) is 16.9 Å². The molecule has 2 amide bonds. The molecule has 2 aromatic carbocycles. The number of nitrogens with zero attached hydrogens (tertiary/aromatic N) is 1. The van der Waals surface area contributed by atoms with Crippen LogP contribution in [-0.4, -0.2) is 23.4 Å². The van der Waals surface area contributed by atoms with Crippen LogP contribution in [0.2, 0.25) is 0 Å². The van der Waals surface area contributed by atoms with Gasteiger partial charge in [-0.3, -0.25) is 20.4 Å². The minimum atomic E-state index is -0.466. The highest BCUT2D eigenvalue weighted by atomic mass is 32.1. The number of ether oxygens (including phenoxy) is 1. The summed E-state index contributed by atoms with van der Waals surface area (Å²) in [5, 5.41) is 2.49. The van der Waals surface area contributed by atoms with Crippen molar-refractivity contribution in [1.29, 1.82) is 0 Å². The smallest absolute Gasteiger partial charge is 0.276 e. The molecule has 2 N–H and O–H groups in total. The first kappa shape index (κ1) is 21.3. The third kappa shape index (κ3) is 5.41. The van der Waals surface area contributed by atoms with Gasteiger partial charge in [-0.05, 0) is 30.7 Å². The summed E-state index contributed by atoms with van der Waals surface area (Å²) in [4.78, 5) is 28.7. The van der Waals surface area contributed by atoms with E-state index in [1.165, 1.54) is 11.3 Å². The minimum absolute atomic E-state index is 0.0359. The molecule has 0 fully saturated rings. The molecular weight excluding hydrogens is 426 g/mol. The molecule has 7 nitrogen and oxygen atoms in total. The van der Waals surface area contributed by atoms with Crippen molar-refractivity contribution in [3.05, 3.63) is 83.6 Å². The van der Waals surface area contributed by atoms with E-state index in [9.17, 15) is 9.59 Å². The predicted octanol–water partition coefficient (Wildman–Crippen LogP) is 4.15. The predicted molar refractivity (Wildman–Crippen MR) is 122 cm³/mol. The molecular formula is C24H21N3O4S. The number of aromatic nitrogens is 1. The lowest BCUT2D eigenvalue weighted by Gasteiger charge is -2.12. The molecule has 0 spiro atoms. The Kier molecular flexibility index (Phi) is 6.62. The van der Waals surface area contributed by atoms with E-state index in [2.05, 4.69) is 15.8 Å². The summed E-state index contributed by atoms with van der Waals surface area (Å²) in [6.45, 7) is 1.63. The maximum Gasteiger partial charge on any atom is 0.276 e. The van der Waals surface area contributed by atoms with Crippen LogP contribution in [0.4, 0.5) is 0 Å². The number of hydrogen-bond donors (Lipinski definition) is 2. The molecule has 0 radical (unpaired) electrons. The van der Waals surface area contributed by atoms with E-state index < -0.39 is 5.91 Å². The fourth-order valence-electron chi connectivity index (χ4n) is 3.03. The first-order chi connectivity index (χ1) is 15.6. The van der Waals surface area contributed by atoms with E-state index >= 15 is 0 Å². The molecule has 0 atom stereocenters. The van der Waals surface area contributed by atoms with Crippen molar-refractivity contribution in [2.24, 2.45) is 0 Å². The zero-order chi connectivity index (χ0) is 22.3. The van der Waals surface area contributed by atoms with E-state index in [4.69, 9.17) is 9.15 Å². The number of carbonyl (C=O) groups excluding carboxylic acids is 2. The lowest BCUT2D eigenvalue weighted by atomic mass is 10.1. The van der Waals surface area contributed by atoms with Crippen LogP contribution in [0.3, 0.4) is 0 Å². The fraction of sp³-hybridized carbons (Fsp3) is 0.125. The average Bonchev–Trinajstić information content (AvgIpc) is 3.46. The third-order valence-corrected chi connectivity index (χ3v) is 5.42. The van der Waals surface area contributed by atoms with Gasteiger partial charge in [0, 0.05) is 10.9 Å². The molecule has 8 heteroatoms. The monoisotopic (exact) mass is 447 g/mol.